The van der Waals surface area contributed by atoms with Crippen molar-refractivity contribution in [1.29, 1.82) is 0 Å². The lowest BCUT2D eigenvalue weighted by atomic mass is 9.92. The number of aliphatic hydroxyl groups is 1. The largest absolute Gasteiger partial charge is 0.435 e. The number of benzene rings is 1. The number of halogens is 2. The van der Waals surface area contributed by atoms with Crippen molar-refractivity contribution in [2.45, 2.75) is 38.5 Å². The van der Waals surface area contributed by atoms with Gasteiger partial charge in [0.1, 0.15) is 11.3 Å². The number of β-amino-alcohol motifs (C(OH)–C–C–N with tert-alkyl or cyclic N) is 1. The first-order valence-corrected chi connectivity index (χ1v) is 6.95. The van der Waals surface area contributed by atoms with Crippen LogP contribution in [-0.2, 0) is 10.3 Å². The van der Waals surface area contributed by atoms with E-state index in [4.69, 9.17) is 0 Å². The van der Waals surface area contributed by atoms with E-state index >= 15 is 0 Å². The second kappa shape index (κ2) is 5.77. The van der Waals surface area contributed by atoms with Gasteiger partial charge in [0.05, 0.1) is 12.1 Å². The molecule has 1 aliphatic heterocycles. The van der Waals surface area contributed by atoms with Crippen molar-refractivity contribution >= 4 is 11.9 Å². The number of rotatable bonds is 5. The normalized spacial score (nSPS) is 21.8. The van der Waals surface area contributed by atoms with Crippen molar-refractivity contribution in [3.63, 3.8) is 0 Å². The fourth-order valence-electron chi connectivity index (χ4n) is 2.39. The van der Waals surface area contributed by atoms with Gasteiger partial charge in [0.25, 0.3) is 5.91 Å². The Labute approximate surface area is 132 Å². The average molecular weight is 328 g/mol. The van der Waals surface area contributed by atoms with Crippen molar-refractivity contribution < 1.29 is 28.2 Å². The lowest BCUT2D eigenvalue weighted by Crippen LogP contribution is -2.44. The number of amides is 3. The Morgan fingerprint density at radius 2 is 1.87 bits per heavy atom. The molecule has 0 saturated carbocycles. The number of carbonyl (C=O) groups excluding carboxylic acids is 2. The van der Waals surface area contributed by atoms with Gasteiger partial charge in [0.2, 0.25) is 0 Å². The average Bonchev–Trinajstić information content (AvgIpc) is 2.62. The topological polar surface area (TPSA) is 78.9 Å². The van der Waals surface area contributed by atoms with E-state index in [1.165, 1.54) is 45.0 Å². The fraction of sp³-hybridized carbons (Fsp3) is 0.467. The number of hydrogen-bond acceptors (Lipinski definition) is 4. The van der Waals surface area contributed by atoms with Crippen molar-refractivity contribution in [3.8, 4) is 5.75 Å². The van der Waals surface area contributed by atoms with E-state index in [9.17, 15) is 23.5 Å². The van der Waals surface area contributed by atoms with Crippen LogP contribution in [0.15, 0.2) is 24.3 Å². The van der Waals surface area contributed by atoms with Gasteiger partial charge in [-0.3, -0.25) is 9.69 Å². The third kappa shape index (κ3) is 3.58. The number of urea groups is 1. The first-order valence-electron chi connectivity index (χ1n) is 6.95. The van der Waals surface area contributed by atoms with Crippen LogP contribution in [0.4, 0.5) is 13.6 Å². The van der Waals surface area contributed by atoms with Gasteiger partial charge in [-0.05, 0) is 38.5 Å². The molecule has 1 heterocycles. The van der Waals surface area contributed by atoms with E-state index in [1.54, 1.807) is 0 Å². The minimum absolute atomic E-state index is 0.0440. The second-order valence-corrected chi connectivity index (χ2v) is 6.16. The maximum atomic E-state index is 12.6. The van der Waals surface area contributed by atoms with Crippen LogP contribution in [0.25, 0.3) is 0 Å². The van der Waals surface area contributed by atoms with Crippen LogP contribution in [0.3, 0.4) is 0 Å². The van der Waals surface area contributed by atoms with E-state index in [0.29, 0.717) is 5.56 Å². The van der Waals surface area contributed by atoms with E-state index in [2.05, 4.69) is 10.1 Å². The summed E-state index contributed by atoms with van der Waals surface area (Å²) < 4.78 is 28.6. The summed E-state index contributed by atoms with van der Waals surface area (Å²) in [5, 5.41) is 12.4. The molecule has 6 nitrogen and oxygen atoms in total. The summed E-state index contributed by atoms with van der Waals surface area (Å²) in [4.78, 5) is 25.5. The molecule has 1 fully saturated rings. The highest BCUT2D eigenvalue weighted by Crippen LogP contribution is 2.31. The van der Waals surface area contributed by atoms with E-state index in [0.717, 1.165) is 4.90 Å². The first-order chi connectivity index (χ1) is 10.5. The number of imide groups is 1. The van der Waals surface area contributed by atoms with Crippen LogP contribution < -0.4 is 10.1 Å². The van der Waals surface area contributed by atoms with E-state index < -0.39 is 29.7 Å². The third-order valence-electron chi connectivity index (χ3n) is 3.48. The zero-order valence-electron chi connectivity index (χ0n) is 13.0. The Hall–Kier alpha value is -2.22. The maximum absolute atomic E-state index is 12.6. The minimum Gasteiger partial charge on any atom is -0.435 e. The highest BCUT2D eigenvalue weighted by molar-refractivity contribution is 6.07. The van der Waals surface area contributed by atoms with Crippen molar-refractivity contribution in [3.05, 3.63) is 29.8 Å². The van der Waals surface area contributed by atoms with Crippen LogP contribution in [-0.4, -0.2) is 40.7 Å². The number of nitrogens with zero attached hydrogens (tertiary/aromatic N) is 1. The SMILES string of the molecule is CC(C)(O)CN1C(=O)NC(C)(c2ccc(OC(F)F)cc2)C1=O. The summed E-state index contributed by atoms with van der Waals surface area (Å²) in [6.45, 7) is 1.39. The molecule has 1 atom stereocenters. The van der Waals surface area contributed by atoms with Crippen molar-refractivity contribution in [1.82, 2.24) is 10.2 Å². The van der Waals surface area contributed by atoms with Gasteiger partial charge in [-0.1, -0.05) is 12.1 Å². The molecule has 1 unspecified atom stereocenters. The van der Waals surface area contributed by atoms with E-state index in [-0.39, 0.29) is 12.3 Å². The Balaban J connectivity index is 2.25. The summed E-state index contributed by atoms with van der Waals surface area (Å²) in [5.41, 5.74) is -2.13. The van der Waals surface area contributed by atoms with Gasteiger partial charge in [-0.15, -0.1) is 0 Å². The fourth-order valence-corrected chi connectivity index (χ4v) is 2.39. The highest BCUT2D eigenvalue weighted by atomic mass is 19.3. The molecule has 2 rings (SSSR count). The van der Waals surface area contributed by atoms with Crippen LogP contribution >= 0.6 is 0 Å². The Morgan fingerprint density at radius 1 is 1.30 bits per heavy atom. The Bertz CT molecular complexity index is 613. The van der Waals surface area contributed by atoms with Gasteiger partial charge in [-0.25, -0.2) is 4.79 Å². The van der Waals surface area contributed by atoms with Crippen LogP contribution in [0, 0.1) is 0 Å². The van der Waals surface area contributed by atoms with Crippen LogP contribution in [0.5, 0.6) is 5.75 Å². The monoisotopic (exact) mass is 328 g/mol. The molecule has 1 aromatic carbocycles. The van der Waals surface area contributed by atoms with Gasteiger partial charge in [0, 0.05) is 0 Å². The predicted octanol–water partition coefficient (Wildman–Crippen LogP) is 1.83. The molecular weight excluding hydrogens is 310 g/mol. The molecule has 0 aromatic heterocycles. The lowest BCUT2D eigenvalue weighted by Gasteiger charge is -2.25. The molecule has 126 valence electrons. The van der Waals surface area contributed by atoms with Gasteiger partial charge < -0.3 is 15.2 Å². The van der Waals surface area contributed by atoms with Crippen molar-refractivity contribution in [2.24, 2.45) is 0 Å². The van der Waals surface area contributed by atoms with Gasteiger partial charge >= 0.3 is 12.6 Å². The molecule has 1 aromatic rings. The molecule has 0 bridgehead atoms. The zero-order chi connectivity index (χ0) is 17.4. The second-order valence-electron chi connectivity index (χ2n) is 6.16. The van der Waals surface area contributed by atoms with Crippen molar-refractivity contribution in [2.75, 3.05) is 6.54 Å². The molecule has 1 saturated heterocycles. The number of nitrogens with one attached hydrogen (secondary N) is 1. The highest BCUT2D eigenvalue weighted by Gasteiger charge is 2.49. The smallest absolute Gasteiger partial charge is 0.387 e. The van der Waals surface area contributed by atoms with E-state index in [1.807, 2.05) is 0 Å². The predicted molar refractivity (Wildman–Crippen MR) is 77.0 cm³/mol. The standard InChI is InChI=1S/C15H18F2N2O4/c1-14(2,22)8-19-11(20)15(3,18-13(19)21)9-4-6-10(7-5-9)23-12(16)17/h4-7,12,22H,8H2,1-3H3,(H,18,21). The Kier molecular flexibility index (Phi) is 4.30. The first kappa shape index (κ1) is 17.1. The molecule has 0 spiro atoms. The number of carbonyl (C=O) groups is 2. The number of hydrogen-bond donors (Lipinski definition) is 2. The van der Waals surface area contributed by atoms with Gasteiger partial charge in [0.15, 0.2) is 0 Å². The maximum Gasteiger partial charge on any atom is 0.387 e. The quantitative estimate of drug-likeness (QED) is 0.808. The summed E-state index contributed by atoms with van der Waals surface area (Å²) in [6, 6.07) is 4.84. The summed E-state index contributed by atoms with van der Waals surface area (Å²) in [6.07, 6.45) is 0. The van der Waals surface area contributed by atoms with Crippen LogP contribution in [0.1, 0.15) is 26.3 Å². The summed E-state index contributed by atoms with van der Waals surface area (Å²) >= 11 is 0. The molecule has 0 aliphatic carbocycles. The number of ether oxygens (including phenoxy) is 1. The van der Waals surface area contributed by atoms with Crippen LogP contribution in [0.2, 0.25) is 0 Å². The molecular formula is C15H18F2N2O4. The molecule has 23 heavy (non-hydrogen) atoms. The summed E-state index contributed by atoms with van der Waals surface area (Å²) in [5.74, 6) is -0.565. The van der Waals surface area contributed by atoms with Gasteiger partial charge in [-0.2, -0.15) is 8.78 Å². The molecule has 0 radical (unpaired) electrons. The number of alkyl halides is 2. The zero-order valence-corrected chi connectivity index (χ0v) is 13.0. The summed E-state index contributed by atoms with van der Waals surface area (Å²) in [7, 11) is 0. The third-order valence-corrected chi connectivity index (χ3v) is 3.48. The molecule has 2 N–H and O–H groups in total. The Morgan fingerprint density at radius 3 is 2.35 bits per heavy atom. The molecule has 1 aliphatic rings. The lowest BCUT2D eigenvalue weighted by molar-refractivity contribution is -0.133. The molecule has 3 amide bonds. The minimum atomic E-state index is -2.94. The molecule has 8 heteroatoms.